The van der Waals surface area contributed by atoms with Gasteiger partial charge >= 0.3 is 0 Å². The highest BCUT2D eigenvalue weighted by Gasteiger charge is 2.21. The van der Waals surface area contributed by atoms with Gasteiger partial charge in [0, 0.05) is 57.7 Å². The summed E-state index contributed by atoms with van der Waals surface area (Å²) in [7, 11) is 1.93. The van der Waals surface area contributed by atoms with Crippen molar-refractivity contribution in [3.8, 4) is 0 Å². The van der Waals surface area contributed by atoms with Gasteiger partial charge in [0.25, 0.3) is 5.91 Å². The molecule has 4 rings (SSSR count). The van der Waals surface area contributed by atoms with E-state index in [4.69, 9.17) is 0 Å². The van der Waals surface area contributed by atoms with E-state index in [9.17, 15) is 4.79 Å². The van der Waals surface area contributed by atoms with E-state index < -0.39 is 0 Å². The van der Waals surface area contributed by atoms with Crippen molar-refractivity contribution >= 4 is 11.6 Å². The Morgan fingerprint density at radius 3 is 2.92 bits per heavy atom. The lowest BCUT2D eigenvalue weighted by atomic mass is 10.2. The first-order valence-corrected chi connectivity index (χ1v) is 8.47. The Labute approximate surface area is 145 Å². The maximum Gasteiger partial charge on any atom is 0.255 e. The summed E-state index contributed by atoms with van der Waals surface area (Å²) in [5.41, 5.74) is 2.63. The summed E-state index contributed by atoms with van der Waals surface area (Å²) in [4.78, 5) is 17.1. The zero-order chi connectivity index (χ0) is 17.2. The molecule has 8 nitrogen and oxygen atoms in total. The smallest absolute Gasteiger partial charge is 0.255 e. The highest BCUT2D eigenvalue weighted by molar-refractivity contribution is 5.94. The lowest BCUT2D eigenvalue weighted by Gasteiger charge is -2.21. The summed E-state index contributed by atoms with van der Waals surface area (Å²) in [6, 6.07) is 3.65. The summed E-state index contributed by atoms with van der Waals surface area (Å²) >= 11 is 0. The third-order valence-electron chi connectivity index (χ3n) is 4.58. The second kappa shape index (κ2) is 6.64. The second-order valence-corrected chi connectivity index (χ2v) is 6.46. The van der Waals surface area contributed by atoms with Crippen LogP contribution in [0.25, 0.3) is 5.65 Å². The predicted octanol–water partition coefficient (Wildman–Crippen LogP) is 0.811. The zero-order valence-corrected chi connectivity index (χ0v) is 14.2. The Morgan fingerprint density at radius 1 is 1.16 bits per heavy atom. The summed E-state index contributed by atoms with van der Waals surface area (Å²) in [6.45, 7) is 4.25. The van der Waals surface area contributed by atoms with Gasteiger partial charge in [-0.2, -0.15) is 5.10 Å². The number of nitrogens with zero attached hydrogens (tertiary/aromatic N) is 7. The Morgan fingerprint density at radius 2 is 2.08 bits per heavy atom. The minimum atomic E-state index is 0.0684. The normalized spacial score (nSPS) is 16.3. The van der Waals surface area contributed by atoms with Crippen LogP contribution in [0.5, 0.6) is 0 Å². The van der Waals surface area contributed by atoms with Crippen molar-refractivity contribution in [3.63, 3.8) is 0 Å². The molecule has 3 aromatic rings. The number of hydrogen-bond donors (Lipinski definition) is 0. The SMILES string of the molecule is Cn1cc(CN2CCCN(C(=O)c3ccc4nncn4c3)CC2)cn1. The zero-order valence-electron chi connectivity index (χ0n) is 14.2. The van der Waals surface area contributed by atoms with Crippen LogP contribution in [0.4, 0.5) is 0 Å². The Hall–Kier alpha value is -2.74. The molecule has 0 radical (unpaired) electrons. The summed E-state index contributed by atoms with van der Waals surface area (Å²) in [5, 5.41) is 12.0. The topological polar surface area (TPSA) is 71.6 Å². The maximum atomic E-state index is 12.8. The summed E-state index contributed by atoms with van der Waals surface area (Å²) in [5.74, 6) is 0.0684. The number of rotatable bonds is 3. The Kier molecular flexibility index (Phi) is 4.19. The van der Waals surface area contributed by atoms with Gasteiger partial charge in [0.1, 0.15) is 6.33 Å². The molecule has 1 amide bonds. The first kappa shape index (κ1) is 15.8. The molecular formula is C17H21N7O. The first-order chi connectivity index (χ1) is 12.2. The summed E-state index contributed by atoms with van der Waals surface area (Å²) in [6.07, 6.45) is 8.34. The number of amides is 1. The van der Waals surface area contributed by atoms with Crippen LogP contribution in [0.15, 0.2) is 37.1 Å². The lowest BCUT2D eigenvalue weighted by molar-refractivity contribution is 0.0760. The van der Waals surface area contributed by atoms with Crippen molar-refractivity contribution in [2.45, 2.75) is 13.0 Å². The molecule has 0 aromatic carbocycles. The number of aryl methyl sites for hydroxylation is 1. The molecule has 0 N–H and O–H groups in total. The number of pyridine rings is 1. The van der Waals surface area contributed by atoms with E-state index in [1.165, 1.54) is 5.56 Å². The molecule has 1 aliphatic heterocycles. The van der Waals surface area contributed by atoms with Crippen LogP contribution >= 0.6 is 0 Å². The molecule has 0 saturated carbocycles. The monoisotopic (exact) mass is 339 g/mol. The van der Waals surface area contributed by atoms with Gasteiger partial charge in [-0.05, 0) is 18.6 Å². The minimum Gasteiger partial charge on any atom is -0.337 e. The Bertz CT molecular complexity index is 884. The molecule has 1 saturated heterocycles. The van der Waals surface area contributed by atoms with Crippen LogP contribution in [0.3, 0.4) is 0 Å². The van der Waals surface area contributed by atoms with Crippen LogP contribution in [-0.2, 0) is 13.6 Å². The molecule has 25 heavy (non-hydrogen) atoms. The Balaban J connectivity index is 1.42. The molecule has 0 spiro atoms. The molecular weight excluding hydrogens is 318 g/mol. The molecule has 0 atom stereocenters. The standard InChI is InChI=1S/C17H21N7O/c1-21-10-14(9-19-21)11-22-5-2-6-23(8-7-22)17(25)15-3-4-16-20-18-13-24(16)12-15/h3-4,9-10,12-13H,2,5-8,11H2,1H3. The van der Waals surface area contributed by atoms with Crippen molar-refractivity contribution in [1.82, 2.24) is 34.2 Å². The molecule has 0 unspecified atom stereocenters. The van der Waals surface area contributed by atoms with Gasteiger partial charge in [-0.25, -0.2) is 0 Å². The van der Waals surface area contributed by atoms with E-state index in [0.29, 0.717) is 5.56 Å². The van der Waals surface area contributed by atoms with Gasteiger partial charge in [-0.15, -0.1) is 10.2 Å². The van der Waals surface area contributed by atoms with Gasteiger partial charge in [0.15, 0.2) is 5.65 Å². The highest BCUT2D eigenvalue weighted by atomic mass is 16.2. The average Bonchev–Trinajstić information content (AvgIpc) is 3.17. The van der Waals surface area contributed by atoms with Crippen LogP contribution in [-0.4, -0.2) is 66.3 Å². The first-order valence-electron chi connectivity index (χ1n) is 8.47. The van der Waals surface area contributed by atoms with Crippen LogP contribution in [0, 0.1) is 0 Å². The van der Waals surface area contributed by atoms with Crippen molar-refractivity contribution in [2.75, 3.05) is 26.2 Å². The summed E-state index contributed by atoms with van der Waals surface area (Å²) < 4.78 is 3.60. The van der Waals surface area contributed by atoms with Gasteiger partial charge in [0.05, 0.1) is 11.8 Å². The molecule has 130 valence electrons. The molecule has 1 aliphatic rings. The maximum absolute atomic E-state index is 12.8. The third-order valence-corrected chi connectivity index (χ3v) is 4.58. The van der Waals surface area contributed by atoms with Gasteiger partial charge in [-0.3, -0.25) is 18.8 Å². The fourth-order valence-corrected chi connectivity index (χ4v) is 3.28. The fraction of sp³-hybridized carbons (Fsp3) is 0.412. The van der Waals surface area contributed by atoms with E-state index in [0.717, 1.165) is 44.8 Å². The van der Waals surface area contributed by atoms with Gasteiger partial charge < -0.3 is 4.90 Å². The third kappa shape index (κ3) is 3.39. The van der Waals surface area contributed by atoms with Crippen molar-refractivity contribution < 1.29 is 4.79 Å². The van der Waals surface area contributed by atoms with Crippen LogP contribution in [0.2, 0.25) is 0 Å². The molecule has 1 fully saturated rings. The number of aromatic nitrogens is 5. The van der Waals surface area contributed by atoms with Crippen LogP contribution < -0.4 is 0 Å². The minimum absolute atomic E-state index is 0.0684. The van der Waals surface area contributed by atoms with Gasteiger partial charge in [0.2, 0.25) is 0 Å². The quantitative estimate of drug-likeness (QED) is 0.706. The van der Waals surface area contributed by atoms with E-state index in [2.05, 4.69) is 20.2 Å². The average molecular weight is 339 g/mol. The second-order valence-electron chi connectivity index (χ2n) is 6.46. The van der Waals surface area contributed by atoms with E-state index in [-0.39, 0.29) is 5.91 Å². The van der Waals surface area contributed by atoms with E-state index in [1.54, 1.807) is 16.9 Å². The predicted molar refractivity (Wildman–Crippen MR) is 92.0 cm³/mol. The van der Waals surface area contributed by atoms with Crippen molar-refractivity contribution in [1.29, 1.82) is 0 Å². The van der Waals surface area contributed by atoms with E-state index in [1.807, 2.05) is 41.2 Å². The molecule has 8 heteroatoms. The number of carbonyl (C=O) groups is 1. The largest absolute Gasteiger partial charge is 0.337 e. The molecule has 0 aliphatic carbocycles. The van der Waals surface area contributed by atoms with Crippen LogP contribution in [0.1, 0.15) is 22.3 Å². The highest BCUT2D eigenvalue weighted by Crippen LogP contribution is 2.12. The molecule has 4 heterocycles. The lowest BCUT2D eigenvalue weighted by Crippen LogP contribution is -2.35. The van der Waals surface area contributed by atoms with Crippen molar-refractivity contribution in [3.05, 3.63) is 48.2 Å². The molecule has 3 aromatic heterocycles. The fourth-order valence-electron chi connectivity index (χ4n) is 3.28. The number of fused-ring (bicyclic) bond motifs is 1. The molecule has 0 bridgehead atoms. The number of carbonyl (C=O) groups excluding carboxylic acids is 1. The van der Waals surface area contributed by atoms with E-state index >= 15 is 0 Å². The van der Waals surface area contributed by atoms with Crippen molar-refractivity contribution in [2.24, 2.45) is 7.05 Å². The number of hydrogen-bond acceptors (Lipinski definition) is 5. The van der Waals surface area contributed by atoms with Gasteiger partial charge in [-0.1, -0.05) is 0 Å².